The predicted octanol–water partition coefficient (Wildman–Crippen LogP) is 3.19. The van der Waals surface area contributed by atoms with Gasteiger partial charge in [-0.05, 0) is 62.5 Å². The third-order valence-electron chi connectivity index (χ3n) is 5.11. The molecular weight excluding hydrogens is 300 g/mol. The molecule has 3 rings (SSSR count). The lowest BCUT2D eigenvalue weighted by molar-refractivity contribution is -0.127. The molecule has 24 heavy (non-hydrogen) atoms. The fourth-order valence-electron chi connectivity index (χ4n) is 3.73. The van der Waals surface area contributed by atoms with E-state index in [4.69, 9.17) is 4.74 Å². The van der Waals surface area contributed by atoms with E-state index in [1.54, 1.807) is 13.2 Å². The summed E-state index contributed by atoms with van der Waals surface area (Å²) in [7, 11) is 1.66. The van der Waals surface area contributed by atoms with E-state index >= 15 is 0 Å². The number of likely N-dealkylation sites (tertiary alicyclic amines) is 2. The number of piperidine rings is 1. The molecule has 0 bridgehead atoms. The lowest BCUT2D eigenvalue weighted by Gasteiger charge is -2.32. The highest BCUT2D eigenvalue weighted by atomic mass is 16.5. The first kappa shape index (κ1) is 17.0. The fraction of sp³-hybridized carbons (Fsp3) is 0.550. The van der Waals surface area contributed by atoms with Crippen molar-refractivity contribution in [1.29, 1.82) is 0 Å². The minimum Gasteiger partial charge on any atom is -0.497 e. The number of ether oxygens (including phenoxy) is 1. The zero-order chi connectivity index (χ0) is 16.8. The summed E-state index contributed by atoms with van der Waals surface area (Å²) in [5, 5.41) is 0. The van der Waals surface area contributed by atoms with Crippen LogP contribution >= 0.6 is 0 Å². The molecule has 1 aromatic rings. The van der Waals surface area contributed by atoms with Crippen LogP contribution in [0.2, 0.25) is 0 Å². The van der Waals surface area contributed by atoms with Crippen LogP contribution in [0.15, 0.2) is 30.3 Å². The van der Waals surface area contributed by atoms with E-state index in [1.165, 1.54) is 32.4 Å². The van der Waals surface area contributed by atoms with Crippen LogP contribution in [0.4, 0.5) is 0 Å². The molecule has 2 aliphatic rings. The predicted molar refractivity (Wildman–Crippen MR) is 97.1 cm³/mol. The Hall–Kier alpha value is -1.81. The molecule has 130 valence electrons. The van der Waals surface area contributed by atoms with Gasteiger partial charge < -0.3 is 14.5 Å². The lowest BCUT2D eigenvalue weighted by Crippen LogP contribution is -2.44. The Bertz CT molecular complexity index is 562. The molecule has 0 aliphatic carbocycles. The fourth-order valence-corrected chi connectivity index (χ4v) is 3.73. The van der Waals surface area contributed by atoms with Crippen LogP contribution in [0.1, 0.15) is 37.7 Å². The standard InChI is InChI=1S/C20H28N2O2/c1-24-19-10-7-17(8-11-19)9-12-20(23)22-15-5-6-18(22)16-21-13-3-2-4-14-21/h7-12,18H,2-6,13-16H2,1H3/b12-9+. The second-order valence-corrected chi connectivity index (χ2v) is 6.80. The molecule has 0 radical (unpaired) electrons. The number of carbonyl (C=O) groups excluding carboxylic acids is 1. The summed E-state index contributed by atoms with van der Waals surface area (Å²) in [4.78, 5) is 17.2. The van der Waals surface area contributed by atoms with Crippen LogP contribution in [0.3, 0.4) is 0 Å². The average molecular weight is 328 g/mol. The molecule has 1 aromatic carbocycles. The molecule has 0 N–H and O–H groups in total. The molecule has 0 spiro atoms. The van der Waals surface area contributed by atoms with E-state index in [1.807, 2.05) is 30.3 Å². The van der Waals surface area contributed by atoms with Crippen molar-refractivity contribution in [2.75, 3.05) is 33.3 Å². The van der Waals surface area contributed by atoms with E-state index in [9.17, 15) is 4.79 Å². The van der Waals surface area contributed by atoms with E-state index in [0.29, 0.717) is 6.04 Å². The molecule has 0 saturated carbocycles. The van der Waals surface area contributed by atoms with Gasteiger partial charge in [0.15, 0.2) is 0 Å². The number of nitrogens with zero attached hydrogens (tertiary/aromatic N) is 2. The first-order chi connectivity index (χ1) is 11.8. The Morgan fingerprint density at radius 2 is 1.88 bits per heavy atom. The summed E-state index contributed by atoms with van der Waals surface area (Å²) in [5.74, 6) is 0.977. The smallest absolute Gasteiger partial charge is 0.246 e. The Balaban J connectivity index is 1.56. The maximum atomic E-state index is 12.6. The monoisotopic (exact) mass is 328 g/mol. The summed E-state index contributed by atoms with van der Waals surface area (Å²) < 4.78 is 5.16. The van der Waals surface area contributed by atoms with Crippen molar-refractivity contribution < 1.29 is 9.53 Å². The molecule has 2 fully saturated rings. The topological polar surface area (TPSA) is 32.8 Å². The van der Waals surface area contributed by atoms with Crippen molar-refractivity contribution in [2.24, 2.45) is 0 Å². The summed E-state index contributed by atoms with van der Waals surface area (Å²) in [6, 6.07) is 8.16. The van der Waals surface area contributed by atoms with Gasteiger partial charge in [0, 0.05) is 25.2 Å². The number of benzene rings is 1. The van der Waals surface area contributed by atoms with Gasteiger partial charge in [-0.15, -0.1) is 0 Å². The van der Waals surface area contributed by atoms with E-state index in [-0.39, 0.29) is 5.91 Å². The highest BCUT2D eigenvalue weighted by Crippen LogP contribution is 2.21. The maximum Gasteiger partial charge on any atom is 0.246 e. The van der Waals surface area contributed by atoms with Gasteiger partial charge in [0.05, 0.1) is 7.11 Å². The second-order valence-electron chi connectivity index (χ2n) is 6.80. The van der Waals surface area contributed by atoms with E-state index in [2.05, 4.69) is 9.80 Å². The quantitative estimate of drug-likeness (QED) is 0.778. The van der Waals surface area contributed by atoms with E-state index in [0.717, 1.165) is 37.2 Å². The molecule has 1 unspecified atom stereocenters. The number of rotatable bonds is 5. The highest BCUT2D eigenvalue weighted by molar-refractivity contribution is 5.92. The Labute approximate surface area is 145 Å². The zero-order valence-electron chi connectivity index (χ0n) is 14.6. The number of amides is 1. The molecule has 4 heteroatoms. The molecular formula is C20H28N2O2. The van der Waals surface area contributed by atoms with Crippen molar-refractivity contribution >= 4 is 12.0 Å². The van der Waals surface area contributed by atoms with Crippen molar-refractivity contribution in [3.8, 4) is 5.75 Å². The summed E-state index contributed by atoms with van der Waals surface area (Å²) in [5.41, 5.74) is 1.02. The van der Waals surface area contributed by atoms with Gasteiger partial charge >= 0.3 is 0 Å². The summed E-state index contributed by atoms with van der Waals surface area (Å²) in [6.45, 7) is 4.33. The maximum absolute atomic E-state index is 12.6. The summed E-state index contributed by atoms with van der Waals surface area (Å²) >= 11 is 0. The normalized spacial score (nSPS) is 22.2. The number of carbonyl (C=O) groups is 1. The van der Waals surface area contributed by atoms with Crippen molar-refractivity contribution in [1.82, 2.24) is 9.80 Å². The zero-order valence-corrected chi connectivity index (χ0v) is 14.6. The van der Waals surface area contributed by atoms with Gasteiger partial charge in [0.25, 0.3) is 0 Å². The van der Waals surface area contributed by atoms with Gasteiger partial charge in [-0.25, -0.2) is 0 Å². The largest absolute Gasteiger partial charge is 0.497 e. The molecule has 2 aliphatic heterocycles. The number of hydrogen-bond donors (Lipinski definition) is 0. The molecule has 2 saturated heterocycles. The van der Waals surface area contributed by atoms with Crippen molar-refractivity contribution in [2.45, 2.75) is 38.1 Å². The van der Waals surface area contributed by atoms with Crippen molar-refractivity contribution in [3.63, 3.8) is 0 Å². The molecule has 1 amide bonds. The Kier molecular flexibility index (Phi) is 5.91. The minimum atomic E-state index is 0.144. The average Bonchev–Trinajstić information content (AvgIpc) is 3.09. The SMILES string of the molecule is COc1ccc(/C=C/C(=O)N2CCCC2CN2CCCCC2)cc1. The third-order valence-corrected chi connectivity index (χ3v) is 5.11. The van der Waals surface area contributed by atoms with Gasteiger partial charge in [-0.2, -0.15) is 0 Å². The van der Waals surface area contributed by atoms with Crippen LogP contribution < -0.4 is 4.74 Å². The van der Waals surface area contributed by atoms with Gasteiger partial charge in [-0.3, -0.25) is 4.79 Å². The van der Waals surface area contributed by atoms with Crippen LogP contribution in [0, 0.1) is 0 Å². The summed E-state index contributed by atoms with van der Waals surface area (Å²) in [6.07, 6.45) is 9.85. The molecule has 1 atom stereocenters. The Morgan fingerprint density at radius 3 is 2.58 bits per heavy atom. The third kappa shape index (κ3) is 4.38. The Morgan fingerprint density at radius 1 is 1.12 bits per heavy atom. The number of hydrogen-bond acceptors (Lipinski definition) is 3. The minimum absolute atomic E-state index is 0.144. The van der Waals surface area contributed by atoms with Crippen LogP contribution in [-0.4, -0.2) is 55.0 Å². The molecule has 0 aromatic heterocycles. The highest BCUT2D eigenvalue weighted by Gasteiger charge is 2.29. The van der Waals surface area contributed by atoms with Gasteiger partial charge in [-0.1, -0.05) is 18.6 Å². The first-order valence-electron chi connectivity index (χ1n) is 9.11. The van der Waals surface area contributed by atoms with Gasteiger partial charge in [0.2, 0.25) is 5.91 Å². The lowest BCUT2D eigenvalue weighted by atomic mass is 10.1. The first-order valence-corrected chi connectivity index (χ1v) is 9.11. The van der Waals surface area contributed by atoms with Crippen LogP contribution in [-0.2, 0) is 4.79 Å². The second kappa shape index (κ2) is 8.34. The number of methoxy groups -OCH3 is 1. The van der Waals surface area contributed by atoms with E-state index < -0.39 is 0 Å². The molecule has 4 nitrogen and oxygen atoms in total. The van der Waals surface area contributed by atoms with Gasteiger partial charge in [0.1, 0.15) is 5.75 Å². The van der Waals surface area contributed by atoms with Crippen molar-refractivity contribution in [3.05, 3.63) is 35.9 Å². The van der Waals surface area contributed by atoms with Crippen LogP contribution in [0.5, 0.6) is 5.75 Å². The molecule has 2 heterocycles. The van der Waals surface area contributed by atoms with Crippen LogP contribution in [0.25, 0.3) is 6.08 Å².